The Bertz CT molecular complexity index is 853. The Balaban J connectivity index is 1.60. The molecule has 1 aliphatic rings. The van der Waals surface area contributed by atoms with Gasteiger partial charge in [0, 0.05) is 38.1 Å². The van der Waals surface area contributed by atoms with E-state index >= 15 is 0 Å². The topological polar surface area (TPSA) is 93.6 Å². The van der Waals surface area contributed by atoms with Gasteiger partial charge in [0.2, 0.25) is 16.0 Å². The highest BCUT2D eigenvalue weighted by molar-refractivity contribution is 7.89. The van der Waals surface area contributed by atoms with Crippen LogP contribution >= 0.6 is 0 Å². The van der Waals surface area contributed by atoms with Crippen molar-refractivity contribution in [2.24, 2.45) is 5.92 Å². The van der Waals surface area contributed by atoms with Gasteiger partial charge in [-0.25, -0.2) is 23.1 Å². The van der Waals surface area contributed by atoms with E-state index in [4.69, 9.17) is 9.47 Å². The highest BCUT2D eigenvalue weighted by Crippen LogP contribution is 2.28. The number of sulfonamides is 1. The fraction of sp³-hybridized carbons (Fsp3) is 0.444. The van der Waals surface area contributed by atoms with Crippen molar-refractivity contribution < 1.29 is 17.9 Å². The SMILES string of the molecule is COc1ccc(OC)c(S(=O)(=O)NCC2CCN(c3ncccn3)CC2)c1. The average molecular weight is 392 g/mol. The predicted molar refractivity (Wildman–Crippen MR) is 102 cm³/mol. The summed E-state index contributed by atoms with van der Waals surface area (Å²) in [6.45, 7) is 1.99. The van der Waals surface area contributed by atoms with Crippen LogP contribution in [0.5, 0.6) is 11.5 Å². The van der Waals surface area contributed by atoms with Crippen LogP contribution in [0, 0.1) is 5.92 Å². The van der Waals surface area contributed by atoms with Gasteiger partial charge in [-0.2, -0.15) is 0 Å². The zero-order chi connectivity index (χ0) is 19.3. The van der Waals surface area contributed by atoms with Crippen LogP contribution in [0.15, 0.2) is 41.6 Å². The van der Waals surface area contributed by atoms with Crippen molar-refractivity contribution in [1.82, 2.24) is 14.7 Å². The average Bonchev–Trinajstić information content (AvgIpc) is 2.73. The van der Waals surface area contributed by atoms with E-state index in [1.165, 1.54) is 20.3 Å². The number of hydrogen-bond donors (Lipinski definition) is 1. The van der Waals surface area contributed by atoms with Gasteiger partial charge in [-0.3, -0.25) is 0 Å². The Kier molecular flexibility index (Phi) is 6.12. The quantitative estimate of drug-likeness (QED) is 0.766. The monoisotopic (exact) mass is 392 g/mol. The number of benzene rings is 1. The van der Waals surface area contributed by atoms with Gasteiger partial charge in [-0.05, 0) is 37.0 Å². The molecule has 2 aromatic rings. The van der Waals surface area contributed by atoms with E-state index in [1.807, 2.05) is 0 Å². The molecule has 0 unspecified atom stereocenters. The van der Waals surface area contributed by atoms with E-state index < -0.39 is 10.0 Å². The first-order chi connectivity index (χ1) is 13.0. The molecule has 0 spiro atoms. The molecule has 0 amide bonds. The minimum Gasteiger partial charge on any atom is -0.497 e. The van der Waals surface area contributed by atoms with Gasteiger partial charge in [-0.15, -0.1) is 0 Å². The number of methoxy groups -OCH3 is 2. The maximum Gasteiger partial charge on any atom is 0.244 e. The Hall–Kier alpha value is -2.39. The van der Waals surface area contributed by atoms with E-state index in [1.54, 1.807) is 30.6 Å². The molecule has 146 valence electrons. The highest BCUT2D eigenvalue weighted by Gasteiger charge is 2.25. The number of nitrogens with one attached hydrogen (secondary N) is 1. The van der Waals surface area contributed by atoms with Gasteiger partial charge in [0.1, 0.15) is 16.4 Å². The van der Waals surface area contributed by atoms with Gasteiger partial charge >= 0.3 is 0 Å². The molecule has 0 radical (unpaired) electrons. The lowest BCUT2D eigenvalue weighted by molar-refractivity contribution is 0.388. The molecular weight excluding hydrogens is 368 g/mol. The third kappa shape index (κ3) is 4.67. The third-order valence-electron chi connectivity index (χ3n) is 4.67. The molecule has 1 saturated heterocycles. The molecule has 1 aromatic carbocycles. The Morgan fingerprint density at radius 1 is 1.15 bits per heavy atom. The van der Waals surface area contributed by atoms with Crippen molar-refractivity contribution >= 4 is 16.0 Å². The molecule has 0 saturated carbocycles. The van der Waals surface area contributed by atoms with Crippen molar-refractivity contribution in [3.8, 4) is 11.5 Å². The second kappa shape index (κ2) is 8.53. The molecule has 27 heavy (non-hydrogen) atoms. The zero-order valence-electron chi connectivity index (χ0n) is 15.5. The van der Waals surface area contributed by atoms with E-state index in [2.05, 4.69) is 19.6 Å². The number of hydrogen-bond acceptors (Lipinski definition) is 7. The predicted octanol–water partition coefficient (Wildman–Crippen LogP) is 1.69. The second-order valence-electron chi connectivity index (χ2n) is 6.35. The lowest BCUT2D eigenvalue weighted by Crippen LogP contribution is -2.39. The summed E-state index contributed by atoms with van der Waals surface area (Å²) in [7, 11) is -0.751. The molecule has 1 fully saturated rings. The number of rotatable bonds is 7. The van der Waals surface area contributed by atoms with Gasteiger partial charge in [0.15, 0.2) is 0 Å². The maximum absolute atomic E-state index is 12.7. The van der Waals surface area contributed by atoms with Gasteiger partial charge in [0.25, 0.3) is 0 Å². The van der Waals surface area contributed by atoms with Crippen molar-refractivity contribution in [2.45, 2.75) is 17.7 Å². The summed E-state index contributed by atoms with van der Waals surface area (Å²) < 4.78 is 38.5. The lowest BCUT2D eigenvalue weighted by Gasteiger charge is -2.31. The van der Waals surface area contributed by atoms with Crippen molar-refractivity contribution in [1.29, 1.82) is 0 Å². The number of ether oxygens (including phenoxy) is 2. The van der Waals surface area contributed by atoms with Gasteiger partial charge in [0.05, 0.1) is 14.2 Å². The maximum atomic E-state index is 12.7. The summed E-state index contributed by atoms with van der Waals surface area (Å²) in [5.41, 5.74) is 0. The molecule has 0 aliphatic carbocycles. The smallest absolute Gasteiger partial charge is 0.244 e. The fourth-order valence-corrected chi connectivity index (χ4v) is 4.39. The van der Waals surface area contributed by atoms with Crippen LogP contribution in [0.1, 0.15) is 12.8 Å². The summed E-state index contributed by atoms with van der Waals surface area (Å²) in [5.74, 6) is 1.74. The first kappa shape index (κ1) is 19.4. The van der Waals surface area contributed by atoms with Crippen LogP contribution < -0.4 is 19.1 Å². The Labute approximate surface area is 159 Å². The molecule has 2 heterocycles. The molecule has 3 rings (SSSR count). The standard InChI is InChI=1S/C18H24N4O4S/c1-25-15-4-5-16(26-2)17(12-15)27(23,24)21-13-14-6-10-22(11-7-14)18-19-8-3-9-20-18/h3-5,8-9,12,14,21H,6-7,10-11,13H2,1-2H3. The number of nitrogens with zero attached hydrogens (tertiary/aromatic N) is 3. The minimum absolute atomic E-state index is 0.0828. The lowest BCUT2D eigenvalue weighted by atomic mass is 9.97. The number of aromatic nitrogens is 2. The minimum atomic E-state index is -3.69. The van der Waals surface area contributed by atoms with Crippen LogP contribution in [0.2, 0.25) is 0 Å². The van der Waals surface area contributed by atoms with Crippen LogP contribution in [-0.2, 0) is 10.0 Å². The van der Waals surface area contributed by atoms with Crippen LogP contribution in [0.4, 0.5) is 5.95 Å². The molecule has 1 N–H and O–H groups in total. The van der Waals surface area contributed by atoms with Crippen LogP contribution in [0.3, 0.4) is 0 Å². The van der Waals surface area contributed by atoms with Crippen LogP contribution in [-0.4, -0.2) is 52.2 Å². The number of piperidine rings is 1. The van der Waals surface area contributed by atoms with E-state index in [9.17, 15) is 8.42 Å². The molecule has 1 aliphatic heterocycles. The molecule has 8 nitrogen and oxygen atoms in total. The van der Waals surface area contributed by atoms with E-state index in [-0.39, 0.29) is 10.8 Å². The molecule has 1 aromatic heterocycles. The van der Waals surface area contributed by atoms with Gasteiger partial charge < -0.3 is 14.4 Å². The zero-order valence-corrected chi connectivity index (χ0v) is 16.3. The molecule has 0 atom stereocenters. The number of anilines is 1. The molecule has 9 heteroatoms. The summed E-state index contributed by atoms with van der Waals surface area (Å²) in [6.07, 6.45) is 5.19. The van der Waals surface area contributed by atoms with Crippen molar-refractivity contribution in [3.63, 3.8) is 0 Å². The summed E-state index contributed by atoms with van der Waals surface area (Å²) in [6, 6.07) is 6.51. The first-order valence-electron chi connectivity index (χ1n) is 8.77. The van der Waals surface area contributed by atoms with Crippen molar-refractivity contribution in [3.05, 3.63) is 36.7 Å². The fourth-order valence-electron chi connectivity index (χ4n) is 3.09. The Morgan fingerprint density at radius 2 is 1.85 bits per heavy atom. The normalized spacial score (nSPS) is 15.6. The van der Waals surface area contributed by atoms with E-state index in [0.717, 1.165) is 31.9 Å². The van der Waals surface area contributed by atoms with E-state index in [0.29, 0.717) is 18.0 Å². The summed E-state index contributed by atoms with van der Waals surface area (Å²) >= 11 is 0. The highest BCUT2D eigenvalue weighted by atomic mass is 32.2. The second-order valence-corrected chi connectivity index (χ2v) is 8.08. The molecular formula is C18H24N4O4S. The third-order valence-corrected chi connectivity index (χ3v) is 6.12. The Morgan fingerprint density at radius 3 is 2.48 bits per heavy atom. The van der Waals surface area contributed by atoms with Crippen molar-refractivity contribution in [2.75, 3.05) is 38.8 Å². The summed E-state index contributed by atoms with van der Waals surface area (Å²) in [4.78, 5) is 10.7. The van der Waals surface area contributed by atoms with Crippen LogP contribution in [0.25, 0.3) is 0 Å². The van der Waals surface area contributed by atoms with Gasteiger partial charge in [-0.1, -0.05) is 0 Å². The molecule has 0 bridgehead atoms. The largest absolute Gasteiger partial charge is 0.497 e. The summed E-state index contributed by atoms with van der Waals surface area (Å²) in [5, 5.41) is 0. The first-order valence-corrected chi connectivity index (χ1v) is 10.3.